The third-order valence-electron chi connectivity index (χ3n) is 3.86. The Kier molecular flexibility index (Phi) is 5.96. The molecule has 1 amide bonds. The molecule has 0 bridgehead atoms. The summed E-state index contributed by atoms with van der Waals surface area (Å²) in [6, 6.07) is 21.2. The molecule has 0 spiro atoms. The molecule has 0 saturated heterocycles. The predicted octanol–water partition coefficient (Wildman–Crippen LogP) is 6.10. The maximum atomic E-state index is 12.1. The summed E-state index contributed by atoms with van der Waals surface area (Å²) >= 11 is 9.44. The van der Waals surface area contributed by atoms with Gasteiger partial charge in [-0.3, -0.25) is 4.79 Å². The molecule has 0 saturated carbocycles. The molecule has 3 nitrogen and oxygen atoms in total. The van der Waals surface area contributed by atoms with Crippen molar-refractivity contribution in [1.82, 2.24) is 0 Å². The Balaban J connectivity index is 1.63. The van der Waals surface area contributed by atoms with Crippen LogP contribution in [0.15, 0.2) is 71.2 Å². The second-order valence-corrected chi connectivity index (χ2v) is 7.10. The number of nitrogens with one attached hydrogen (secondary N) is 1. The fourth-order valence-electron chi connectivity index (χ4n) is 2.52. The minimum absolute atomic E-state index is 0.0780. The molecule has 0 aliphatic rings. The highest BCUT2D eigenvalue weighted by atomic mass is 79.9. The first-order chi connectivity index (χ1) is 12.5. The summed E-state index contributed by atoms with van der Waals surface area (Å²) in [6.45, 7) is 1.81. The summed E-state index contributed by atoms with van der Waals surface area (Å²) in [4.78, 5) is 12.1. The van der Waals surface area contributed by atoms with E-state index in [0.29, 0.717) is 10.8 Å². The molecule has 3 aromatic carbocycles. The van der Waals surface area contributed by atoms with Crippen LogP contribution in [0.1, 0.15) is 5.56 Å². The molecule has 132 valence electrons. The van der Waals surface area contributed by atoms with Crippen molar-refractivity contribution in [3.8, 4) is 16.9 Å². The number of rotatable bonds is 5. The molecular formula is C21H17BrClNO2. The average molecular weight is 431 g/mol. The number of aryl methyl sites for hydroxylation is 1. The Morgan fingerprint density at radius 3 is 2.50 bits per heavy atom. The normalized spacial score (nSPS) is 10.4. The summed E-state index contributed by atoms with van der Waals surface area (Å²) in [5.41, 5.74) is 3.82. The van der Waals surface area contributed by atoms with Crippen LogP contribution in [0, 0.1) is 6.92 Å². The van der Waals surface area contributed by atoms with Crippen LogP contribution in [0.25, 0.3) is 11.1 Å². The first-order valence-electron chi connectivity index (χ1n) is 8.07. The Hall–Kier alpha value is -2.30. The Labute approximate surface area is 166 Å². The summed E-state index contributed by atoms with van der Waals surface area (Å²) in [6.07, 6.45) is 0. The zero-order valence-electron chi connectivity index (χ0n) is 14.1. The van der Waals surface area contributed by atoms with E-state index in [1.165, 1.54) is 0 Å². The third kappa shape index (κ3) is 4.65. The highest BCUT2D eigenvalue weighted by Gasteiger charge is 2.09. The summed E-state index contributed by atoms with van der Waals surface area (Å²) in [7, 11) is 0. The van der Waals surface area contributed by atoms with Gasteiger partial charge in [-0.2, -0.15) is 0 Å². The van der Waals surface area contributed by atoms with Gasteiger partial charge in [0.1, 0.15) is 5.75 Å². The molecule has 1 N–H and O–H groups in total. The number of hydrogen-bond acceptors (Lipinski definition) is 2. The number of carbonyl (C=O) groups excluding carboxylic acids is 1. The van der Waals surface area contributed by atoms with Gasteiger partial charge in [0.05, 0.1) is 4.47 Å². The molecule has 0 fully saturated rings. The topological polar surface area (TPSA) is 38.3 Å². The minimum atomic E-state index is -0.227. The van der Waals surface area contributed by atoms with Gasteiger partial charge >= 0.3 is 0 Å². The van der Waals surface area contributed by atoms with E-state index in [2.05, 4.69) is 21.2 Å². The fourth-order valence-corrected chi connectivity index (χ4v) is 3.24. The Morgan fingerprint density at radius 1 is 1.04 bits per heavy atom. The van der Waals surface area contributed by atoms with Gasteiger partial charge in [0.2, 0.25) is 0 Å². The van der Waals surface area contributed by atoms with Crippen LogP contribution in [0.2, 0.25) is 5.02 Å². The highest BCUT2D eigenvalue weighted by molar-refractivity contribution is 9.10. The molecule has 0 atom stereocenters. The lowest BCUT2D eigenvalue weighted by Crippen LogP contribution is -2.20. The van der Waals surface area contributed by atoms with E-state index in [4.69, 9.17) is 16.3 Å². The van der Waals surface area contributed by atoms with Crippen LogP contribution < -0.4 is 10.1 Å². The predicted molar refractivity (Wildman–Crippen MR) is 110 cm³/mol. The molecule has 3 aromatic rings. The monoisotopic (exact) mass is 429 g/mol. The molecule has 0 aliphatic carbocycles. The largest absolute Gasteiger partial charge is 0.483 e. The number of amides is 1. The van der Waals surface area contributed by atoms with Crippen LogP contribution in [0.5, 0.6) is 5.75 Å². The van der Waals surface area contributed by atoms with Crippen molar-refractivity contribution in [2.24, 2.45) is 0 Å². The lowest BCUT2D eigenvalue weighted by Gasteiger charge is -2.11. The average Bonchev–Trinajstić information content (AvgIpc) is 2.64. The van der Waals surface area contributed by atoms with E-state index >= 15 is 0 Å². The molecule has 5 heteroatoms. The van der Waals surface area contributed by atoms with E-state index in [-0.39, 0.29) is 12.5 Å². The highest BCUT2D eigenvalue weighted by Crippen LogP contribution is 2.30. The maximum Gasteiger partial charge on any atom is 0.262 e. The van der Waals surface area contributed by atoms with Crippen molar-refractivity contribution in [3.63, 3.8) is 0 Å². The van der Waals surface area contributed by atoms with Crippen molar-refractivity contribution in [3.05, 3.63) is 81.8 Å². The standard InChI is InChI=1S/C21H17BrClNO2/c1-14-11-17(23)8-9-19(14)24-21(25)13-26-20-10-7-16(12-18(20)22)15-5-3-2-4-6-15/h2-12H,13H2,1H3,(H,24,25). The van der Waals surface area contributed by atoms with E-state index in [1.54, 1.807) is 18.2 Å². The molecule has 26 heavy (non-hydrogen) atoms. The third-order valence-corrected chi connectivity index (χ3v) is 4.72. The van der Waals surface area contributed by atoms with E-state index < -0.39 is 0 Å². The van der Waals surface area contributed by atoms with Crippen molar-refractivity contribution in [1.29, 1.82) is 0 Å². The zero-order chi connectivity index (χ0) is 18.5. The SMILES string of the molecule is Cc1cc(Cl)ccc1NC(=O)COc1ccc(-c2ccccc2)cc1Br. The van der Waals surface area contributed by atoms with Gasteiger partial charge in [-0.05, 0) is 69.9 Å². The minimum Gasteiger partial charge on any atom is -0.483 e. The second-order valence-electron chi connectivity index (χ2n) is 5.81. The van der Waals surface area contributed by atoms with Crippen LogP contribution in [-0.4, -0.2) is 12.5 Å². The van der Waals surface area contributed by atoms with Crippen LogP contribution >= 0.6 is 27.5 Å². The molecular weight excluding hydrogens is 414 g/mol. The lowest BCUT2D eigenvalue weighted by molar-refractivity contribution is -0.118. The first kappa shape index (κ1) is 18.5. The number of carbonyl (C=O) groups is 1. The summed E-state index contributed by atoms with van der Waals surface area (Å²) in [5.74, 6) is 0.391. The fraction of sp³-hybridized carbons (Fsp3) is 0.0952. The van der Waals surface area contributed by atoms with Gasteiger partial charge in [0.15, 0.2) is 6.61 Å². The van der Waals surface area contributed by atoms with Crippen molar-refractivity contribution >= 4 is 39.1 Å². The molecule has 0 aliphatic heterocycles. The Morgan fingerprint density at radius 2 is 1.81 bits per heavy atom. The van der Waals surface area contributed by atoms with Crippen molar-refractivity contribution < 1.29 is 9.53 Å². The molecule has 3 rings (SSSR count). The van der Waals surface area contributed by atoms with Gasteiger partial charge in [0.25, 0.3) is 5.91 Å². The number of hydrogen-bond donors (Lipinski definition) is 1. The Bertz CT molecular complexity index is 929. The summed E-state index contributed by atoms with van der Waals surface area (Å²) < 4.78 is 6.44. The second kappa shape index (κ2) is 8.39. The lowest BCUT2D eigenvalue weighted by atomic mass is 10.1. The molecule has 0 aromatic heterocycles. The van der Waals surface area contributed by atoms with Gasteiger partial charge in [0, 0.05) is 10.7 Å². The molecule has 0 radical (unpaired) electrons. The van der Waals surface area contributed by atoms with Crippen molar-refractivity contribution in [2.75, 3.05) is 11.9 Å². The van der Waals surface area contributed by atoms with Gasteiger partial charge in [-0.25, -0.2) is 0 Å². The number of ether oxygens (including phenoxy) is 1. The van der Waals surface area contributed by atoms with Crippen molar-refractivity contribution in [2.45, 2.75) is 6.92 Å². The van der Waals surface area contributed by atoms with Gasteiger partial charge in [-0.15, -0.1) is 0 Å². The number of anilines is 1. The number of benzene rings is 3. The molecule has 0 unspecified atom stereocenters. The summed E-state index contributed by atoms with van der Waals surface area (Å²) in [5, 5.41) is 3.46. The van der Waals surface area contributed by atoms with E-state index in [1.807, 2.05) is 55.5 Å². The van der Waals surface area contributed by atoms with Crippen LogP contribution in [0.4, 0.5) is 5.69 Å². The smallest absolute Gasteiger partial charge is 0.262 e. The maximum absolute atomic E-state index is 12.1. The van der Waals surface area contributed by atoms with Gasteiger partial charge in [-0.1, -0.05) is 48.0 Å². The van der Waals surface area contributed by atoms with Crippen LogP contribution in [0.3, 0.4) is 0 Å². The van der Waals surface area contributed by atoms with E-state index in [9.17, 15) is 4.79 Å². The number of halogens is 2. The first-order valence-corrected chi connectivity index (χ1v) is 9.24. The zero-order valence-corrected chi connectivity index (χ0v) is 16.5. The van der Waals surface area contributed by atoms with Gasteiger partial charge < -0.3 is 10.1 Å². The molecule has 0 heterocycles. The van der Waals surface area contributed by atoms with E-state index in [0.717, 1.165) is 26.9 Å². The quantitative estimate of drug-likeness (QED) is 0.531. The van der Waals surface area contributed by atoms with Crippen LogP contribution in [-0.2, 0) is 4.79 Å².